The third-order valence-corrected chi connectivity index (χ3v) is 6.72. The zero-order valence-corrected chi connectivity index (χ0v) is 11.9. The largest absolute Gasteiger partial charge is 0.324 e. The van der Waals surface area contributed by atoms with Gasteiger partial charge in [0, 0.05) is 6.04 Å². The SMILES string of the molecule is CSP(=S)(NC=NC(C)C)OC(C)C. The fourth-order valence-corrected chi connectivity index (χ4v) is 3.56. The van der Waals surface area contributed by atoms with Crippen LogP contribution in [0.1, 0.15) is 27.7 Å². The fourth-order valence-electron chi connectivity index (χ4n) is 0.657. The van der Waals surface area contributed by atoms with Crippen LogP contribution in [-0.2, 0) is 16.3 Å². The van der Waals surface area contributed by atoms with Crippen LogP contribution >= 0.6 is 17.0 Å². The molecule has 0 spiro atoms. The minimum Gasteiger partial charge on any atom is -0.324 e. The second kappa shape index (κ2) is 6.83. The summed E-state index contributed by atoms with van der Waals surface area (Å²) in [6.45, 7) is 8.01. The molecule has 3 nitrogen and oxygen atoms in total. The van der Waals surface area contributed by atoms with Crippen molar-refractivity contribution in [2.24, 2.45) is 4.99 Å². The van der Waals surface area contributed by atoms with Crippen molar-refractivity contribution in [2.45, 2.75) is 39.8 Å². The summed E-state index contributed by atoms with van der Waals surface area (Å²) in [7, 11) is 0. The van der Waals surface area contributed by atoms with Gasteiger partial charge in [-0.1, -0.05) is 11.4 Å². The molecule has 0 aliphatic rings. The summed E-state index contributed by atoms with van der Waals surface area (Å²) in [6, 6.07) is 0.284. The summed E-state index contributed by atoms with van der Waals surface area (Å²) in [5.74, 6) is 0. The Morgan fingerprint density at radius 1 is 1.43 bits per heavy atom. The predicted octanol–water partition coefficient (Wildman–Crippen LogP) is 3.03. The molecule has 0 aromatic rings. The Morgan fingerprint density at radius 3 is 2.36 bits per heavy atom. The van der Waals surface area contributed by atoms with Crippen LogP contribution in [0.5, 0.6) is 0 Å². The van der Waals surface area contributed by atoms with E-state index in [1.807, 2.05) is 34.0 Å². The van der Waals surface area contributed by atoms with Gasteiger partial charge in [0.05, 0.1) is 12.4 Å². The van der Waals surface area contributed by atoms with E-state index in [0.29, 0.717) is 0 Å². The number of hydrogen-bond donors (Lipinski definition) is 1. The molecule has 1 atom stereocenters. The number of nitrogens with zero attached hydrogens (tertiary/aromatic N) is 1. The van der Waals surface area contributed by atoms with E-state index >= 15 is 0 Å². The number of rotatable bonds is 6. The maximum absolute atomic E-state index is 5.66. The molecular formula is C8H19N2OPS2. The second-order valence-electron chi connectivity index (χ2n) is 3.34. The quantitative estimate of drug-likeness (QED) is 0.449. The molecule has 84 valence electrons. The Kier molecular flexibility index (Phi) is 7.04. The Labute approximate surface area is 96.0 Å². The van der Waals surface area contributed by atoms with Gasteiger partial charge in [-0.15, -0.1) is 0 Å². The van der Waals surface area contributed by atoms with Gasteiger partial charge in [0.25, 0.3) is 0 Å². The molecule has 0 rings (SSSR count). The number of hydrogen-bond acceptors (Lipinski definition) is 4. The van der Waals surface area contributed by atoms with Crippen molar-refractivity contribution >= 4 is 35.1 Å². The van der Waals surface area contributed by atoms with E-state index in [2.05, 4.69) is 10.1 Å². The lowest BCUT2D eigenvalue weighted by Crippen LogP contribution is -2.12. The maximum atomic E-state index is 5.66. The highest BCUT2D eigenvalue weighted by molar-refractivity contribution is 8.68. The van der Waals surface area contributed by atoms with Gasteiger partial charge >= 0.3 is 0 Å². The maximum Gasteiger partial charge on any atom is 0.211 e. The van der Waals surface area contributed by atoms with Gasteiger partial charge in [0.2, 0.25) is 5.62 Å². The van der Waals surface area contributed by atoms with Crippen LogP contribution in [0.15, 0.2) is 4.99 Å². The number of nitrogens with one attached hydrogen (secondary N) is 1. The molecule has 0 heterocycles. The highest BCUT2D eigenvalue weighted by atomic mass is 32.9. The average Bonchev–Trinajstić information content (AvgIpc) is 2.02. The average molecular weight is 254 g/mol. The zero-order chi connectivity index (χ0) is 11.2. The van der Waals surface area contributed by atoms with E-state index in [4.69, 9.17) is 16.3 Å². The molecule has 14 heavy (non-hydrogen) atoms. The van der Waals surface area contributed by atoms with Crippen molar-refractivity contribution in [1.29, 1.82) is 0 Å². The van der Waals surface area contributed by atoms with E-state index in [1.54, 1.807) is 17.7 Å². The topological polar surface area (TPSA) is 33.6 Å². The Bertz CT molecular complexity index is 231. The monoisotopic (exact) mass is 254 g/mol. The predicted molar refractivity (Wildman–Crippen MR) is 70.8 cm³/mol. The summed E-state index contributed by atoms with van der Waals surface area (Å²) in [4.78, 5) is 4.20. The fraction of sp³-hybridized carbons (Fsp3) is 0.875. The van der Waals surface area contributed by atoms with Crippen molar-refractivity contribution in [3.63, 3.8) is 0 Å². The lowest BCUT2D eigenvalue weighted by Gasteiger charge is -2.21. The summed E-state index contributed by atoms with van der Waals surface area (Å²) in [6.07, 6.45) is 3.78. The van der Waals surface area contributed by atoms with Gasteiger partial charge in [-0.3, -0.25) is 4.99 Å². The first-order valence-corrected chi connectivity index (χ1v) is 9.08. The van der Waals surface area contributed by atoms with E-state index < -0.39 is 5.62 Å². The van der Waals surface area contributed by atoms with Gasteiger partial charge in [-0.25, -0.2) is 0 Å². The molecule has 0 radical (unpaired) electrons. The van der Waals surface area contributed by atoms with Crippen LogP contribution in [0.4, 0.5) is 0 Å². The summed E-state index contributed by atoms with van der Waals surface area (Å²) in [5, 5.41) is 3.08. The van der Waals surface area contributed by atoms with Crippen LogP contribution in [0.3, 0.4) is 0 Å². The van der Waals surface area contributed by atoms with Gasteiger partial charge in [-0.05, 0) is 45.8 Å². The molecule has 6 heteroatoms. The highest BCUT2D eigenvalue weighted by Gasteiger charge is 2.16. The second-order valence-corrected chi connectivity index (χ2v) is 10.0. The third-order valence-electron chi connectivity index (χ3n) is 1.18. The minimum absolute atomic E-state index is 0.147. The van der Waals surface area contributed by atoms with Crippen molar-refractivity contribution < 1.29 is 4.52 Å². The van der Waals surface area contributed by atoms with Crippen LogP contribution < -0.4 is 5.09 Å². The summed E-state index contributed by atoms with van der Waals surface area (Å²) in [5.41, 5.74) is -1.96. The van der Waals surface area contributed by atoms with E-state index in [-0.39, 0.29) is 12.1 Å². The first-order valence-electron chi connectivity index (χ1n) is 4.53. The molecule has 0 fully saturated rings. The zero-order valence-electron chi connectivity index (χ0n) is 9.35. The first-order chi connectivity index (χ1) is 6.39. The van der Waals surface area contributed by atoms with Crippen LogP contribution in [-0.4, -0.2) is 24.7 Å². The normalized spacial score (nSPS) is 16.5. The molecule has 0 aliphatic carbocycles. The van der Waals surface area contributed by atoms with Crippen molar-refractivity contribution in [3.05, 3.63) is 0 Å². The van der Waals surface area contributed by atoms with Crippen molar-refractivity contribution in [1.82, 2.24) is 5.09 Å². The smallest absolute Gasteiger partial charge is 0.211 e. The molecule has 0 saturated heterocycles. The summed E-state index contributed by atoms with van der Waals surface area (Å²) < 4.78 is 5.66. The molecule has 1 N–H and O–H groups in total. The first kappa shape index (κ1) is 14.4. The minimum atomic E-state index is -1.96. The van der Waals surface area contributed by atoms with Crippen LogP contribution in [0, 0.1) is 0 Å². The molecule has 0 amide bonds. The van der Waals surface area contributed by atoms with Gasteiger partial charge < -0.3 is 9.61 Å². The van der Waals surface area contributed by atoms with E-state index in [0.717, 1.165) is 0 Å². The van der Waals surface area contributed by atoms with Crippen LogP contribution in [0.25, 0.3) is 0 Å². The lowest BCUT2D eigenvalue weighted by molar-refractivity contribution is 0.274. The van der Waals surface area contributed by atoms with Crippen molar-refractivity contribution in [3.8, 4) is 0 Å². The van der Waals surface area contributed by atoms with Gasteiger partial charge in [0.15, 0.2) is 0 Å². The molecule has 0 bridgehead atoms. The molecule has 1 unspecified atom stereocenters. The van der Waals surface area contributed by atoms with E-state index in [9.17, 15) is 0 Å². The number of aliphatic imine (C=N–C) groups is 1. The third kappa shape index (κ3) is 6.82. The molecule has 0 aromatic heterocycles. The molecule has 0 saturated carbocycles. The molecule has 0 aliphatic heterocycles. The Hall–Kier alpha value is 0.430. The van der Waals surface area contributed by atoms with Crippen molar-refractivity contribution in [2.75, 3.05) is 6.26 Å². The van der Waals surface area contributed by atoms with E-state index in [1.165, 1.54) is 0 Å². The summed E-state index contributed by atoms with van der Waals surface area (Å²) >= 11 is 6.93. The standard InChI is InChI=1S/C8H19N2OPS2/c1-7(2)9-6-10-12(13,14-5)11-8(3)4/h6-8H,1-5H3,(H,9,10,13). The Balaban J connectivity index is 4.19. The highest BCUT2D eigenvalue weighted by Crippen LogP contribution is 2.54. The van der Waals surface area contributed by atoms with Gasteiger partial charge in [0.1, 0.15) is 0 Å². The lowest BCUT2D eigenvalue weighted by atomic mass is 10.4. The van der Waals surface area contributed by atoms with Crippen LogP contribution in [0.2, 0.25) is 0 Å². The van der Waals surface area contributed by atoms with Gasteiger partial charge in [-0.2, -0.15) is 0 Å². The molecule has 0 aromatic carbocycles. The Morgan fingerprint density at radius 2 is 2.00 bits per heavy atom. The molecular weight excluding hydrogens is 235 g/mol.